The van der Waals surface area contributed by atoms with Gasteiger partial charge in [-0.1, -0.05) is 83.1 Å². The third-order valence-electron chi connectivity index (χ3n) is 6.72. The van der Waals surface area contributed by atoms with Crippen LogP contribution in [0, 0.1) is 0 Å². The molecular weight excluding hydrogens is 490 g/mol. The standard InChI is InChI=1S/C32H49N3O4/c1-19(36)35(33)21-16-24(31(8,9)10)27(25(17-21)32(11,12)13)39-28(38)34-18-20-14-22(29(2,3)4)26(37)23(15-20)30(5,6)7/h14-17,37H,18,33H2,1-13H3,(H,34,38). The predicted octanol–water partition coefficient (Wildman–Crippen LogP) is 7.10. The van der Waals surface area contributed by atoms with Crippen molar-refractivity contribution in [3.05, 3.63) is 52.1 Å². The molecule has 0 saturated heterocycles. The van der Waals surface area contributed by atoms with Crippen LogP contribution in [0.5, 0.6) is 11.5 Å². The summed E-state index contributed by atoms with van der Waals surface area (Å²) in [4.78, 5) is 25.3. The Kier molecular flexibility index (Phi) is 8.94. The number of nitrogens with one attached hydrogen (secondary N) is 1. The summed E-state index contributed by atoms with van der Waals surface area (Å²) in [6, 6.07) is 7.51. The zero-order valence-electron chi connectivity index (χ0n) is 26.2. The number of hydrazine groups is 1. The molecule has 2 amide bonds. The van der Waals surface area contributed by atoms with E-state index in [1.54, 1.807) is 0 Å². The molecule has 0 atom stereocenters. The number of nitrogens with two attached hydrogens (primary N) is 1. The number of ether oxygens (including phenoxy) is 1. The lowest BCUT2D eigenvalue weighted by Gasteiger charge is -2.31. The van der Waals surface area contributed by atoms with E-state index in [0.717, 1.165) is 32.8 Å². The number of anilines is 1. The Morgan fingerprint density at radius 2 is 1.15 bits per heavy atom. The van der Waals surface area contributed by atoms with Crippen LogP contribution in [0.4, 0.5) is 10.5 Å². The molecule has 0 heterocycles. The summed E-state index contributed by atoms with van der Waals surface area (Å²) in [5.41, 5.74) is 3.27. The highest BCUT2D eigenvalue weighted by Gasteiger charge is 2.31. The van der Waals surface area contributed by atoms with Crippen LogP contribution >= 0.6 is 0 Å². The zero-order valence-corrected chi connectivity index (χ0v) is 26.2. The zero-order chi connectivity index (χ0) is 30.3. The first-order chi connectivity index (χ1) is 17.4. The van der Waals surface area contributed by atoms with Crippen LogP contribution in [-0.4, -0.2) is 17.1 Å². The van der Waals surface area contributed by atoms with Crippen LogP contribution in [0.3, 0.4) is 0 Å². The number of hydrogen-bond donors (Lipinski definition) is 3. The minimum absolute atomic E-state index is 0.236. The van der Waals surface area contributed by atoms with Crippen LogP contribution < -0.4 is 20.9 Å². The lowest BCUT2D eigenvalue weighted by molar-refractivity contribution is -0.116. The maximum Gasteiger partial charge on any atom is 0.412 e. The van der Waals surface area contributed by atoms with Gasteiger partial charge in [-0.15, -0.1) is 0 Å². The van der Waals surface area contributed by atoms with Crippen LogP contribution in [0.2, 0.25) is 0 Å². The van der Waals surface area contributed by atoms with Crippen molar-refractivity contribution in [3.63, 3.8) is 0 Å². The van der Waals surface area contributed by atoms with Gasteiger partial charge in [-0.2, -0.15) is 0 Å². The third-order valence-corrected chi connectivity index (χ3v) is 6.72. The lowest BCUT2D eigenvalue weighted by atomic mass is 9.78. The first kappa shape index (κ1) is 32.2. The molecule has 0 aliphatic carbocycles. The maximum atomic E-state index is 13.2. The first-order valence-corrected chi connectivity index (χ1v) is 13.5. The summed E-state index contributed by atoms with van der Waals surface area (Å²) in [5, 5.41) is 15.0. The second-order valence-corrected chi connectivity index (χ2v) is 14.5. The van der Waals surface area contributed by atoms with E-state index in [0.29, 0.717) is 17.2 Å². The Morgan fingerprint density at radius 1 is 0.769 bits per heavy atom. The highest BCUT2D eigenvalue weighted by atomic mass is 16.6. The van der Waals surface area contributed by atoms with Gasteiger partial charge in [0.25, 0.3) is 0 Å². The van der Waals surface area contributed by atoms with Crippen molar-refractivity contribution in [2.24, 2.45) is 5.84 Å². The van der Waals surface area contributed by atoms with Gasteiger partial charge >= 0.3 is 6.09 Å². The number of phenols is 1. The number of benzene rings is 2. The van der Waals surface area contributed by atoms with E-state index in [9.17, 15) is 14.7 Å². The number of carbonyl (C=O) groups excluding carboxylic acids is 2. The fourth-order valence-electron chi connectivity index (χ4n) is 4.40. The molecule has 216 valence electrons. The highest BCUT2D eigenvalue weighted by molar-refractivity contribution is 5.91. The van der Waals surface area contributed by atoms with Crippen molar-refractivity contribution in [3.8, 4) is 11.5 Å². The molecule has 0 unspecified atom stereocenters. The van der Waals surface area contributed by atoms with Crippen molar-refractivity contribution in [2.75, 3.05) is 5.01 Å². The molecule has 4 N–H and O–H groups in total. The molecule has 0 aliphatic heterocycles. The number of phenolic OH excluding ortho intramolecular Hbond substituents is 1. The van der Waals surface area contributed by atoms with E-state index in [4.69, 9.17) is 10.6 Å². The Morgan fingerprint density at radius 3 is 1.49 bits per heavy atom. The van der Waals surface area contributed by atoms with Crippen molar-refractivity contribution in [2.45, 2.75) is 118 Å². The smallest absolute Gasteiger partial charge is 0.412 e. The summed E-state index contributed by atoms with van der Waals surface area (Å²) in [6.45, 7) is 26.1. The molecule has 0 aliphatic rings. The van der Waals surface area contributed by atoms with E-state index in [2.05, 4.69) is 46.9 Å². The Labute approximate surface area is 235 Å². The summed E-state index contributed by atoms with van der Waals surface area (Å²) in [5.74, 6) is 6.53. The van der Waals surface area contributed by atoms with Gasteiger partial charge in [0.1, 0.15) is 11.5 Å². The van der Waals surface area contributed by atoms with Gasteiger partial charge in [-0.05, 0) is 62.6 Å². The Hall–Kier alpha value is -3.06. The highest BCUT2D eigenvalue weighted by Crippen LogP contribution is 2.43. The van der Waals surface area contributed by atoms with Gasteiger partial charge in [0.2, 0.25) is 5.91 Å². The van der Waals surface area contributed by atoms with Gasteiger partial charge in [0, 0.05) is 24.6 Å². The van der Waals surface area contributed by atoms with E-state index in [1.165, 1.54) is 6.92 Å². The van der Waals surface area contributed by atoms with Crippen molar-refractivity contribution >= 4 is 17.7 Å². The molecule has 0 fully saturated rings. The maximum absolute atomic E-state index is 13.2. The van der Waals surface area contributed by atoms with Crippen LogP contribution in [0.15, 0.2) is 24.3 Å². The van der Waals surface area contributed by atoms with Gasteiger partial charge in [-0.25, -0.2) is 15.6 Å². The van der Waals surface area contributed by atoms with Gasteiger partial charge in [-0.3, -0.25) is 4.79 Å². The van der Waals surface area contributed by atoms with Crippen molar-refractivity contribution < 1.29 is 19.4 Å². The van der Waals surface area contributed by atoms with Crippen molar-refractivity contribution in [1.29, 1.82) is 0 Å². The van der Waals surface area contributed by atoms with Gasteiger partial charge in [0.05, 0.1) is 5.69 Å². The van der Waals surface area contributed by atoms with E-state index in [1.807, 2.05) is 65.8 Å². The number of nitrogens with zero attached hydrogens (tertiary/aromatic N) is 1. The SMILES string of the molecule is CC(=O)N(N)c1cc(C(C)(C)C)c(OC(=O)NCc2cc(C(C)(C)C)c(O)c(C(C)(C)C)c2)c(C(C)(C)C)c1. The Balaban J connectivity index is 2.52. The number of hydrogen-bond acceptors (Lipinski definition) is 5. The molecule has 7 heteroatoms. The molecule has 2 rings (SSSR count). The second kappa shape index (κ2) is 10.8. The average Bonchev–Trinajstić information content (AvgIpc) is 2.74. The number of carbonyl (C=O) groups is 2. The monoisotopic (exact) mass is 539 g/mol. The molecule has 39 heavy (non-hydrogen) atoms. The number of aromatic hydroxyl groups is 1. The largest absolute Gasteiger partial charge is 0.507 e. The molecule has 0 spiro atoms. The van der Waals surface area contributed by atoms with Crippen LogP contribution in [-0.2, 0) is 33.0 Å². The summed E-state index contributed by atoms with van der Waals surface area (Å²) in [7, 11) is 0. The van der Waals surface area contributed by atoms with E-state index in [-0.39, 0.29) is 23.3 Å². The topological polar surface area (TPSA) is 105 Å². The average molecular weight is 540 g/mol. The van der Waals surface area contributed by atoms with E-state index >= 15 is 0 Å². The Bertz CT molecular complexity index is 1170. The minimum atomic E-state index is -0.586. The van der Waals surface area contributed by atoms with Crippen LogP contribution in [0.1, 0.15) is 118 Å². The molecular formula is C32H49N3O4. The molecule has 2 aromatic carbocycles. The summed E-state index contributed by atoms with van der Waals surface area (Å²) >= 11 is 0. The number of amides is 2. The minimum Gasteiger partial charge on any atom is -0.507 e. The lowest BCUT2D eigenvalue weighted by Crippen LogP contribution is -2.36. The summed E-state index contributed by atoms with van der Waals surface area (Å²) in [6.07, 6.45) is -0.586. The van der Waals surface area contributed by atoms with Crippen LogP contribution in [0.25, 0.3) is 0 Å². The van der Waals surface area contributed by atoms with Gasteiger partial charge in [0.15, 0.2) is 0 Å². The molecule has 2 aromatic rings. The second-order valence-electron chi connectivity index (χ2n) is 14.5. The fraction of sp³-hybridized carbons (Fsp3) is 0.562. The third kappa shape index (κ3) is 7.75. The fourth-order valence-corrected chi connectivity index (χ4v) is 4.40. The molecule has 0 aromatic heterocycles. The molecule has 0 saturated carbocycles. The molecule has 0 bridgehead atoms. The molecule has 0 radical (unpaired) electrons. The number of rotatable bonds is 4. The van der Waals surface area contributed by atoms with Gasteiger partial charge < -0.3 is 15.2 Å². The first-order valence-electron chi connectivity index (χ1n) is 13.5. The predicted molar refractivity (Wildman–Crippen MR) is 160 cm³/mol. The quantitative estimate of drug-likeness (QED) is 0.218. The summed E-state index contributed by atoms with van der Waals surface area (Å²) < 4.78 is 6.02. The van der Waals surface area contributed by atoms with E-state index < -0.39 is 16.9 Å². The molecule has 7 nitrogen and oxygen atoms in total. The van der Waals surface area contributed by atoms with Crippen molar-refractivity contribution in [1.82, 2.24) is 5.32 Å². The normalized spacial score (nSPS) is 12.8.